The molecule has 0 aliphatic rings. The van der Waals surface area contributed by atoms with E-state index in [9.17, 15) is 34.8 Å². The standard InChI is InChI=1S/C16H9F6N3O2S/c17-10-2-1-3-23-15(10)14-4-8(7-24-14)28(26,27)25-13-6-11(18)9(5-12(13)19)16(20,21)22/h1-7,24-25H. The Bertz CT molecular complexity index is 1140. The summed E-state index contributed by atoms with van der Waals surface area (Å²) in [6.07, 6.45) is -2.94. The fraction of sp³-hybridized carbons (Fsp3) is 0.0625. The van der Waals surface area contributed by atoms with Crippen molar-refractivity contribution in [3.63, 3.8) is 0 Å². The normalized spacial score (nSPS) is 12.2. The van der Waals surface area contributed by atoms with E-state index in [4.69, 9.17) is 0 Å². The first-order valence-corrected chi connectivity index (χ1v) is 8.86. The van der Waals surface area contributed by atoms with Gasteiger partial charge >= 0.3 is 6.18 Å². The number of nitrogens with one attached hydrogen (secondary N) is 2. The lowest BCUT2D eigenvalue weighted by atomic mass is 10.2. The molecule has 0 unspecified atom stereocenters. The summed E-state index contributed by atoms with van der Waals surface area (Å²) in [5, 5.41) is 0. The molecule has 2 heterocycles. The van der Waals surface area contributed by atoms with Crippen molar-refractivity contribution in [2.45, 2.75) is 11.1 Å². The van der Waals surface area contributed by atoms with Crippen molar-refractivity contribution in [3.05, 3.63) is 65.7 Å². The summed E-state index contributed by atoms with van der Waals surface area (Å²) in [6, 6.07) is 3.33. The number of pyridine rings is 1. The summed E-state index contributed by atoms with van der Waals surface area (Å²) in [7, 11) is -4.52. The van der Waals surface area contributed by atoms with Gasteiger partial charge in [0, 0.05) is 18.5 Å². The number of alkyl halides is 3. The smallest absolute Gasteiger partial charge is 0.358 e. The molecule has 0 spiro atoms. The van der Waals surface area contributed by atoms with Crippen LogP contribution in [0.4, 0.5) is 32.0 Å². The number of aromatic amines is 1. The second kappa shape index (κ2) is 6.86. The molecule has 0 atom stereocenters. The summed E-state index contributed by atoms with van der Waals surface area (Å²) < 4.78 is 105. The van der Waals surface area contributed by atoms with Gasteiger partial charge in [-0.2, -0.15) is 13.2 Å². The van der Waals surface area contributed by atoms with E-state index in [-0.39, 0.29) is 23.5 Å². The van der Waals surface area contributed by atoms with Crippen molar-refractivity contribution in [2.75, 3.05) is 4.72 Å². The monoisotopic (exact) mass is 421 g/mol. The molecule has 0 saturated heterocycles. The maximum atomic E-state index is 13.9. The molecule has 0 aliphatic carbocycles. The minimum Gasteiger partial charge on any atom is -0.358 e. The maximum absolute atomic E-state index is 13.9. The second-order valence-electron chi connectivity index (χ2n) is 5.50. The predicted octanol–water partition coefficient (Wildman–Crippen LogP) is 4.31. The minimum atomic E-state index is -5.15. The van der Waals surface area contributed by atoms with Gasteiger partial charge < -0.3 is 4.98 Å². The predicted molar refractivity (Wildman–Crippen MR) is 86.2 cm³/mol. The lowest BCUT2D eigenvalue weighted by molar-refractivity contribution is -0.140. The summed E-state index contributed by atoms with van der Waals surface area (Å²) in [6.45, 7) is 0. The quantitative estimate of drug-likeness (QED) is 0.617. The van der Waals surface area contributed by atoms with E-state index in [1.54, 1.807) is 4.72 Å². The van der Waals surface area contributed by atoms with Crippen LogP contribution in [0.1, 0.15) is 5.56 Å². The number of halogens is 6. The summed E-state index contributed by atoms with van der Waals surface area (Å²) in [5.74, 6) is -4.21. The third-order valence-electron chi connectivity index (χ3n) is 3.59. The van der Waals surface area contributed by atoms with Crippen molar-refractivity contribution in [1.82, 2.24) is 9.97 Å². The second-order valence-corrected chi connectivity index (χ2v) is 7.18. The molecule has 5 nitrogen and oxygen atoms in total. The lowest BCUT2D eigenvalue weighted by Gasteiger charge is -2.12. The molecule has 1 aromatic carbocycles. The van der Waals surface area contributed by atoms with Crippen LogP contribution in [0.2, 0.25) is 0 Å². The molecule has 2 aromatic heterocycles. The highest BCUT2D eigenvalue weighted by Gasteiger charge is 2.35. The Morgan fingerprint density at radius 2 is 1.71 bits per heavy atom. The molecule has 12 heteroatoms. The Labute approximate surface area is 154 Å². The number of sulfonamides is 1. The number of H-pyrrole nitrogens is 1. The minimum absolute atomic E-state index is 0.0162. The summed E-state index contributed by atoms with van der Waals surface area (Å²) in [5.41, 5.74) is -3.09. The van der Waals surface area contributed by atoms with Crippen LogP contribution in [0.15, 0.2) is 47.6 Å². The molecule has 0 radical (unpaired) electrons. The number of nitrogens with zero attached hydrogens (tertiary/aromatic N) is 1. The van der Waals surface area contributed by atoms with Gasteiger partial charge in [0.15, 0.2) is 5.82 Å². The molecule has 0 bridgehead atoms. The van der Waals surface area contributed by atoms with E-state index in [1.165, 1.54) is 12.3 Å². The first-order valence-electron chi connectivity index (χ1n) is 7.37. The van der Waals surface area contributed by atoms with Crippen LogP contribution < -0.4 is 4.72 Å². The molecule has 28 heavy (non-hydrogen) atoms. The zero-order valence-electron chi connectivity index (χ0n) is 13.5. The van der Waals surface area contributed by atoms with Crippen molar-refractivity contribution < 1.29 is 34.8 Å². The van der Waals surface area contributed by atoms with Crippen molar-refractivity contribution in [2.24, 2.45) is 0 Å². The molecule has 148 valence electrons. The molecule has 0 fully saturated rings. The highest BCUT2D eigenvalue weighted by Crippen LogP contribution is 2.34. The molecule has 0 saturated carbocycles. The van der Waals surface area contributed by atoms with Crippen molar-refractivity contribution >= 4 is 15.7 Å². The van der Waals surface area contributed by atoms with E-state index in [2.05, 4.69) is 9.97 Å². The Morgan fingerprint density at radius 3 is 2.36 bits per heavy atom. The molecule has 0 amide bonds. The third-order valence-corrected chi connectivity index (χ3v) is 4.93. The van der Waals surface area contributed by atoms with Crippen LogP contribution in [-0.4, -0.2) is 18.4 Å². The van der Waals surface area contributed by atoms with Gasteiger partial charge in [-0.15, -0.1) is 0 Å². The SMILES string of the molecule is O=S(=O)(Nc1cc(F)c(C(F)(F)F)cc1F)c1c[nH]c(-c2ncccc2F)c1. The molecule has 3 aromatic rings. The average Bonchev–Trinajstić information content (AvgIpc) is 3.08. The van der Waals surface area contributed by atoms with Crippen molar-refractivity contribution in [3.8, 4) is 11.4 Å². The third kappa shape index (κ3) is 3.81. The fourth-order valence-corrected chi connectivity index (χ4v) is 3.35. The van der Waals surface area contributed by atoms with E-state index in [1.807, 2.05) is 0 Å². The van der Waals surface area contributed by atoms with E-state index < -0.39 is 49.8 Å². The Hall–Kier alpha value is -3.02. The van der Waals surface area contributed by atoms with Gasteiger partial charge in [-0.3, -0.25) is 9.71 Å². The number of aromatic nitrogens is 2. The largest absolute Gasteiger partial charge is 0.419 e. The molecule has 0 aliphatic heterocycles. The van der Waals surface area contributed by atoms with Gasteiger partial charge in [0.2, 0.25) is 0 Å². The van der Waals surface area contributed by atoms with Crippen LogP contribution in [-0.2, 0) is 16.2 Å². The van der Waals surface area contributed by atoms with Gasteiger partial charge in [-0.1, -0.05) is 0 Å². The molecular weight excluding hydrogens is 412 g/mol. The zero-order chi connectivity index (χ0) is 20.7. The highest BCUT2D eigenvalue weighted by atomic mass is 32.2. The highest BCUT2D eigenvalue weighted by molar-refractivity contribution is 7.92. The number of benzene rings is 1. The Balaban J connectivity index is 1.93. The topological polar surface area (TPSA) is 74.8 Å². The van der Waals surface area contributed by atoms with Crippen LogP contribution in [0.5, 0.6) is 0 Å². The maximum Gasteiger partial charge on any atom is 0.419 e. The number of hydrogen-bond donors (Lipinski definition) is 2. The first kappa shape index (κ1) is 19.7. The number of anilines is 1. The first-order chi connectivity index (χ1) is 13.0. The lowest BCUT2D eigenvalue weighted by Crippen LogP contribution is -2.15. The molecule has 2 N–H and O–H groups in total. The molecular formula is C16H9F6N3O2S. The summed E-state index contributed by atoms with van der Waals surface area (Å²) in [4.78, 5) is 5.73. The summed E-state index contributed by atoms with van der Waals surface area (Å²) >= 11 is 0. The van der Waals surface area contributed by atoms with Gasteiger partial charge in [0.1, 0.15) is 22.2 Å². The number of hydrogen-bond acceptors (Lipinski definition) is 3. The van der Waals surface area contributed by atoms with Crippen LogP contribution in [0.3, 0.4) is 0 Å². The van der Waals surface area contributed by atoms with Crippen molar-refractivity contribution in [1.29, 1.82) is 0 Å². The van der Waals surface area contributed by atoms with E-state index in [0.29, 0.717) is 0 Å². The molecule has 3 rings (SSSR count). The average molecular weight is 421 g/mol. The van der Waals surface area contributed by atoms with Crippen LogP contribution in [0.25, 0.3) is 11.4 Å². The fourth-order valence-electron chi connectivity index (χ4n) is 2.30. The van der Waals surface area contributed by atoms with Crippen LogP contribution in [0, 0.1) is 17.5 Å². The number of rotatable bonds is 4. The van der Waals surface area contributed by atoms with Gasteiger partial charge in [-0.05, 0) is 24.3 Å². The van der Waals surface area contributed by atoms with E-state index >= 15 is 0 Å². The zero-order valence-corrected chi connectivity index (χ0v) is 14.3. The van der Waals surface area contributed by atoms with E-state index in [0.717, 1.165) is 18.3 Å². The van der Waals surface area contributed by atoms with Gasteiger partial charge in [0.25, 0.3) is 10.0 Å². The Morgan fingerprint density at radius 1 is 1.00 bits per heavy atom. The Kier molecular flexibility index (Phi) is 4.83. The van der Waals surface area contributed by atoms with Gasteiger partial charge in [0.05, 0.1) is 16.9 Å². The van der Waals surface area contributed by atoms with Crippen LogP contribution >= 0.6 is 0 Å². The van der Waals surface area contributed by atoms with Gasteiger partial charge in [-0.25, -0.2) is 21.6 Å².